The predicted octanol–water partition coefficient (Wildman–Crippen LogP) is 2.22. The lowest BCUT2D eigenvalue weighted by molar-refractivity contribution is 0.214. The minimum Gasteiger partial charge on any atom is -0.313 e. The molecule has 94 valence electrons. The number of nitrogens with zero attached hydrogens (tertiary/aromatic N) is 2. The van der Waals surface area contributed by atoms with Gasteiger partial charge in [0.1, 0.15) is 0 Å². The smallest absolute Gasteiger partial charge is 0.0318 e. The van der Waals surface area contributed by atoms with Crippen LogP contribution in [-0.2, 0) is 0 Å². The molecule has 0 saturated carbocycles. The molecular weight excluding hydrogens is 210 g/mol. The zero-order valence-corrected chi connectivity index (χ0v) is 10.9. The Kier molecular flexibility index (Phi) is 4.51. The van der Waals surface area contributed by atoms with Crippen LogP contribution in [0.4, 0.5) is 0 Å². The second-order valence-corrected chi connectivity index (χ2v) is 5.04. The van der Waals surface area contributed by atoms with Crippen molar-refractivity contribution in [2.45, 2.75) is 38.3 Å². The third kappa shape index (κ3) is 3.51. The van der Waals surface area contributed by atoms with Crippen molar-refractivity contribution in [2.24, 2.45) is 0 Å². The molecule has 17 heavy (non-hydrogen) atoms. The van der Waals surface area contributed by atoms with Gasteiger partial charge in [-0.3, -0.25) is 9.88 Å². The van der Waals surface area contributed by atoms with Gasteiger partial charge in [0.05, 0.1) is 0 Å². The topological polar surface area (TPSA) is 28.2 Å². The van der Waals surface area contributed by atoms with Crippen LogP contribution < -0.4 is 5.32 Å². The number of hydrogen-bond acceptors (Lipinski definition) is 3. The molecule has 0 bridgehead atoms. The van der Waals surface area contributed by atoms with Gasteiger partial charge in [0, 0.05) is 31.0 Å². The van der Waals surface area contributed by atoms with Crippen molar-refractivity contribution in [3.63, 3.8) is 0 Å². The molecule has 1 aromatic heterocycles. The van der Waals surface area contributed by atoms with Gasteiger partial charge in [-0.1, -0.05) is 6.42 Å². The van der Waals surface area contributed by atoms with Gasteiger partial charge in [-0.2, -0.15) is 0 Å². The van der Waals surface area contributed by atoms with Gasteiger partial charge >= 0.3 is 0 Å². The SMILES string of the molecule is CC(c1ccncc1)N(C)CC1CCCCN1. The van der Waals surface area contributed by atoms with Gasteiger partial charge in [-0.05, 0) is 51.1 Å². The van der Waals surface area contributed by atoms with E-state index in [4.69, 9.17) is 0 Å². The van der Waals surface area contributed by atoms with Gasteiger partial charge in [0.2, 0.25) is 0 Å². The molecule has 2 rings (SSSR count). The van der Waals surface area contributed by atoms with Crippen molar-refractivity contribution in [2.75, 3.05) is 20.1 Å². The average Bonchev–Trinajstić information content (AvgIpc) is 2.40. The summed E-state index contributed by atoms with van der Waals surface area (Å²) in [6.07, 6.45) is 7.76. The third-order valence-corrected chi connectivity index (χ3v) is 3.77. The molecule has 1 aliphatic heterocycles. The molecule has 1 saturated heterocycles. The zero-order chi connectivity index (χ0) is 12.1. The number of pyridine rings is 1. The quantitative estimate of drug-likeness (QED) is 0.864. The van der Waals surface area contributed by atoms with Gasteiger partial charge in [0.15, 0.2) is 0 Å². The highest BCUT2D eigenvalue weighted by molar-refractivity contribution is 5.14. The first kappa shape index (κ1) is 12.5. The predicted molar refractivity (Wildman–Crippen MR) is 70.9 cm³/mol. The highest BCUT2D eigenvalue weighted by Gasteiger charge is 2.18. The van der Waals surface area contributed by atoms with Gasteiger partial charge < -0.3 is 5.32 Å². The van der Waals surface area contributed by atoms with Crippen LogP contribution in [0.5, 0.6) is 0 Å². The van der Waals surface area contributed by atoms with Crippen LogP contribution in [0.2, 0.25) is 0 Å². The Labute approximate surface area is 104 Å². The molecule has 0 radical (unpaired) electrons. The number of nitrogens with one attached hydrogen (secondary N) is 1. The average molecular weight is 233 g/mol. The zero-order valence-electron chi connectivity index (χ0n) is 10.9. The lowest BCUT2D eigenvalue weighted by atomic mass is 10.0. The van der Waals surface area contributed by atoms with Crippen molar-refractivity contribution in [1.82, 2.24) is 15.2 Å². The first-order valence-corrected chi connectivity index (χ1v) is 6.61. The Balaban J connectivity index is 1.88. The van der Waals surface area contributed by atoms with E-state index in [1.807, 2.05) is 12.4 Å². The van der Waals surface area contributed by atoms with E-state index in [1.165, 1.54) is 31.4 Å². The molecule has 1 N–H and O–H groups in total. The summed E-state index contributed by atoms with van der Waals surface area (Å²) < 4.78 is 0. The van der Waals surface area contributed by atoms with Crippen molar-refractivity contribution in [1.29, 1.82) is 0 Å². The molecule has 3 heteroatoms. The van der Waals surface area contributed by atoms with Gasteiger partial charge in [0.25, 0.3) is 0 Å². The van der Waals surface area contributed by atoms with Crippen LogP contribution in [0.25, 0.3) is 0 Å². The van der Waals surface area contributed by atoms with Crippen LogP contribution in [0, 0.1) is 0 Å². The maximum Gasteiger partial charge on any atom is 0.0318 e. The largest absolute Gasteiger partial charge is 0.313 e. The molecule has 3 nitrogen and oxygen atoms in total. The molecule has 1 aliphatic rings. The van der Waals surface area contributed by atoms with E-state index < -0.39 is 0 Å². The van der Waals surface area contributed by atoms with Crippen molar-refractivity contribution in [3.05, 3.63) is 30.1 Å². The molecule has 2 atom stereocenters. The number of likely N-dealkylation sites (N-methyl/N-ethyl adjacent to an activating group) is 1. The Morgan fingerprint density at radius 2 is 2.18 bits per heavy atom. The van der Waals surface area contributed by atoms with Gasteiger partial charge in [-0.15, -0.1) is 0 Å². The normalized spacial score (nSPS) is 22.6. The summed E-state index contributed by atoms with van der Waals surface area (Å²) in [5, 5.41) is 3.60. The fraction of sp³-hybridized carbons (Fsp3) is 0.643. The van der Waals surface area contributed by atoms with Crippen LogP contribution in [0.3, 0.4) is 0 Å². The Morgan fingerprint density at radius 1 is 1.41 bits per heavy atom. The second-order valence-electron chi connectivity index (χ2n) is 5.04. The Hall–Kier alpha value is -0.930. The van der Waals surface area contributed by atoms with Crippen LogP contribution in [-0.4, -0.2) is 36.1 Å². The number of aromatic nitrogens is 1. The van der Waals surface area contributed by atoms with E-state index >= 15 is 0 Å². The molecule has 0 aliphatic carbocycles. The van der Waals surface area contributed by atoms with E-state index in [0.29, 0.717) is 12.1 Å². The van der Waals surface area contributed by atoms with Crippen molar-refractivity contribution < 1.29 is 0 Å². The molecule has 2 heterocycles. The lowest BCUT2D eigenvalue weighted by Gasteiger charge is -2.31. The standard InChI is InChI=1S/C14H23N3/c1-12(13-6-9-15-10-7-13)17(2)11-14-5-3-4-8-16-14/h6-7,9-10,12,14,16H,3-5,8,11H2,1-2H3. The van der Waals surface area contributed by atoms with Crippen LogP contribution in [0.1, 0.15) is 37.8 Å². The molecule has 0 amide bonds. The highest BCUT2D eigenvalue weighted by atomic mass is 15.1. The number of hydrogen-bond donors (Lipinski definition) is 1. The summed E-state index contributed by atoms with van der Waals surface area (Å²) in [4.78, 5) is 6.50. The number of piperidine rings is 1. The van der Waals surface area contributed by atoms with Crippen molar-refractivity contribution >= 4 is 0 Å². The summed E-state index contributed by atoms with van der Waals surface area (Å²) in [6, 6.07) is 5.34. The van der Waals surface area contributed by atoms with E-state index in [9.17, 15) is 0 Å². The maximum atomic E-state index is 4.07. The molecule has 0 aromatic carbocycles. The Bertz CT molecular complexity index is 319. The lowest BCUT2D eigenvalue weighted by Crippen LogP contribution is -2.43. The summed E-state index contributed by atoms with van der Waals surface area (Å²) in [5.74, 6) is 0. The number of rotatable bonds is 4. The fourth-order valence-electron chi connectivity index (χ4n) is 2.48. The fourth-order valence-corrected chi connectivity index (χ4v) is 2.48. The third-order valence-electron chi connectivity index (χ3n) is 3.77. The Morgan fingerprint density at radius 3 is 2.82 bits per heavy atom. The van der Waals surface area contributed by atoms with Crippen LogP contribution in [0.15, 0.2) is 24.5 Å². The highest BCUT2D eigenvalue weighted by Crippen LogP contribution is 2.19. The maximum absolute atomic E-state index is 4.07. The summed E-state index contributed by atoms with van der Waals surface area (Å²) >= 11 is 0. The summed E-state index contributed by atoms with van der Waals surface area (Å²) in [6.45, 7) is 4.57. The van der Waals surface area contributed by atoms with Crippen LogP contribution >= 0.6 is 0 Å². The summed E-state index contributed by atoms with van der Waals surface area (Å²) in [7, 11) is 2.21. The van der Waals surface area contributed by atoms with E-state index in [-0.39, 0.29) is 0 Å². The first-order chi connectivity index (χ1) is 8.27. The monoisotopic (exact) mass is 233 g/mol. The molecule has 0 spiro atoms. The molecular formula is C14H23N3. The molecule has 2 unspecified atom stereocenters. The second kappa shape index (κ2) is 6.12. The van der Waals surface area contributed by atoms with E-state index in [2.05, 4.69) is 41.3 Å². The van der Waals surface area contributed by atoms with E-state index in [1.54, 1.807) is 0 Å². The van der Waals surface area contributed by atoms with Gasteiger partial charge in [-0.25, -0.2) is 0 Å². The minimum atomic E-state index is 0.460. The van der Waals surface area contributed by atoms with E-state index in [0.717, 1.165) is 6.54 Å². The first-order valence-electron chi connectivity index (χ1n) is 6.61. The van der Waals surface area contributed by atoms with Crippen molar-refractivity contribution in [3.8, 4) is 0 Å². The summed E-state index contributed by atoms with van der Waals surface area (Å²) in [5.41, 5.74) is 1.35. The molecule has 1 aromatic rings. The molecule has 1 fully saturated rings. The minimum absolute atomic E-state index is 0.460.